The second kappa shape index (κ2) is 6.07. The molecule has 0 aliphatic rings. The topological polar surface area (TPSA) is 91.8 Å². The van der Waals surface area contributed by atoms with Crippen molar-refractivity contribution in [1.29, 1.82) is 5.26 Å². The molecular formula is C17H10BrN4O. The van der Waals surface area contributed by atoms with E-state index in [4.69, 9.17) is 5.73 Å². The number of hydrogen-bond acceptors (Lipinski definition) is 4. The fraction of sp³-hybridized carbons (Fsp3) is 0. The van der Waals surface area contributed by atoms with Gasteiger partial charge in [-0.15, -0.1) is 0 Å². The van der Waals surface area contributed by atoms with E-state index >= 15 is 0 Å². The quantitative estimate of drug-likeness (QED) is 0.742. The van der Waals surface area contributed by atoms with E-state index in [0.29, 0.717) is 16.6 Å². The van der Waals surface area contributed by atoms with Crippen LogP contribution < -0.4 is 11.1 Å². The molecule has 1 heterocycles. The summed E-state index contributed by atoms with van der Waals surface area (Å²) in [4.78, 5) is 15.8. The summed E-state index contributed by atoms with van der Waals surface area (Å²) in [5.41, 5.74) is 7.25. The lowest BCUT2D eigenvalue weighted by molar-refractivity contribution is 0.0995. The first-order chi connectivity index (χ1) is 11.1. The Morgan fingerprint density at radius 2 is 2.22 bits per heavy atom. The van der Waals surface area contributed by atoms with E-state index in [-0.39, 0.29) is 11.3 Å². The van der Waals surface area contributed by atoms with E-state index in [2.05, 4.69) is 32.3 Å². The molecule has 23 heavy (non-hydrogen) atoms. The molecule has 0 aliphatic heterocycles. The van der Waals surface area contributed by atoms with Gasteiger partial charge < -0.3 is 11.1 Å². The fourth-order valence-corrected chi connectivity index (χ4v) is 2.68. The van der Waals surface area contributed by atoms with Crippen LogP contribution in [0.5, 0.6) is 0 Å². The second-order valence-electron chi connectivity index (χ2n) is 4.77. The van der Waals surface area contributed by atoms with Crippen LogP contribution in [0.3, 0.4) is 0 Å². The molecule has 0 unspecified atom stereocenters. The van der Waals surface area contributed by atoms with Gasteiger partial charge in [-0.2, -0.15) is 5.26 Å². The number of carbonyl (C=O) groups excluding carboxylic acids is 1. The van der Waals surface area contributed by atoms with Gasteiger partial charge in [-0.1, -0.05) is 28.1 Å². The summed E-state index contributed by atoms with van der Waals surface area (Å²) in [7, 11) is 0. The molecule has 3 aromatic rings. The van der Waals surface area contributed by atoms with Gasteiger partial charge in [-0.05, 0) is 36.4 Å². The van der Waals surface area contributed by atoms with Crippen LogP contribution in [0.4, 0.5) is 11.4 Å². The Bertz CT molecular complexity index is 962. The van der Waals surface area contributed by atoms with Crippen LogP contribution in [0.25, 0.3) is 10.9 Å². The van der Waals surface area contributed by atoms with Gasteiger partial charge in [0.2, 0.25) is 0 Å². The summed E-state index contributed by atoms with van der Waals surface area (Å²) in [6.07, 6.45) is 0. The molecule has 3 N–H and O–H groups in total. The van der Waals surface area contributed by atoms with Gasteiger partial charge in [0.1, 0.15) is 17.3 Å². The zero-order valence-corrected chi connectivity index (χ0v) is 13.4. The molecule has 111 valence electrons. The number of nitrogens with zero attached hydrogens (tertiary/aromatic N) is 2. The predicted octanol–water partition coefficient (Wildman–Crippen LogP) is 3.51. The molecule has 1 aromatic heterocycles. The van der Waals surface area contributed by atoms with Crippen LogP contribution in [0, 0.1) is 17.4 Å². The van der Waals surface area contributed by atoms with E-state index in [1.54, 1.807) is 18.2 Å². The molecule has 6 heteroatoms. The third-order valence-corrected chi connectivity index (χ3v) is 3.76. The van der Waals surface area contributed by atoms with Crippen molar-refractivity contribution in [2.75, 3.05) is 5.32 Å². The highest BCUT2D eigenvalue weighted by Gasteiger charge is 2.18. The standard InChI is InChI=1S/C17H10BrN4O/c18-10-4-3-5-11(8-10)21-15-12-6-1-2-7-14(12)22-16(17(20)23)13(15)9-19/h2-8H,(H2,20,23)(H,21,22). The largest absolute Gasteiger partial charge is 0.364 e. The molecule has 0 fully saturated rings. The van der Waals surface area contributed by atoms with E-state index in [1.807, 2.05) is 30.3 Å². The summed E-state index contributed by atoms with van der Waals surface area (Å²) >= 11 is 3.40. The van der Waals surface area contributed by atoms with E-state index < -0.39 is 5.91 Å². The Labute approximate surface area is 140 Å². The number of halogens is 1. The van der Waals surface area contributed by atoms with Crippen molar-refractivity contribution in [3.8, 4) is 6.07 Å². The molecule has 0 saturated carbocycles. The van der Waals surface area contributed by atoms with Crippen LogP contribution in [0.1, 0.15) is 16.1 Å². The Balaban J connectivity index is 2.28. The summed E-state index contributed by atoms with van der Waals surface area (Å²) < 4.78 is 0.890. The number of fused-ring (bicyclic) bond motifs is 1. The Morgan fingerprint density at radius 1 is 1.39 bits per heavy atom. The maximum atomic E-state index is 11.6. The van der Waals surface area contributed by atoms with Crippen LogP contribution in [0.2, 0.25) is 0 Å². The molecule has 0 bridgehead atoms. The van der Waals surface area contributed by atoms with Crippen LogP contribution in [-0.4, -0.2) is 10.9 Å². The molecule has 5 nitrogen and oxygen atoms in total. The number of rotatable bonds is 3. The Hall–Kier alpha value is -2.91. The zero-order chi connectivity index (χ0) is 16.4. The molecule has 1 radical (unpaired) electrons. The number of pyridine rings is 1. The number of nitriles is 1. The minimum Gasteiger partial charge on any atom is -0.364 e. The molecular weight excluding hydrogens is 356 g/mol. The number of anilines is 2. The van der Waals surface area contributed by atoms with Crippen LogP contribution in [0.15, 0.2) is 46.9 Å². The highest BCUT2D eigenvalue weighted by atomic mass is 79.9. The molecule has 0 aliphatic carbocycles. The zero-order valence-electron chi connectivity index (χ0n) is 11.8. The number of primary amides is 1. The molecule has 0 spiro atoms. The number of aromatic nitrogens is 1. The van der Waals surface area contributed by atoms with Crippen molar-refractivity contribution in [3.63, 3.8) is 0 Å². The molecule has 0 atom stereocenters. The summed E-state index contributed by atoms with van der Waals surface area (Å²) in [5.74, 6) is -0.742. The number of nitrogens with one attached hydrogen (secondary N) is 1. The van der Waals surface area contributed by atoms with Crippen molar-refractivity contribution >= 4 is 44.1 Å². The molecule has 0 saturated heterocycles. The highest BCUT2D eigenvalue weighted by Crippen LogP contribution is 2.31. The first kappa shape index (κ1) is 15.0. The van der Waals surface area contributed by atoms with Crippen LogP contribution >= 0.6 is 15.9 Å². The number of carbonyl (C=O) groups is 1. The maximum Gasteiger partial charge on any atom is 0.268 e. The van der Waals surface area contributed by atoms with Gasteiger partial charge in [-0.25, -0.2) is 4.98 Å². The van der Waals surface area contributed by atoms with Crippen LogP contribution in [-0.2, 0) is 0 Å². The molecule has 1 amide bonds. The van der Waals surface area contributed by atoms with Gasteiger partial charge in [0.25, 0.3) is 5.91 Å². The number of hydrogen-bond donors (Lipinski definition) is 2. The molecule has 3 rings (SSSR count). The smallest absolute Gasteiger partial charge is 0.268 e. The minimum atomic E-state index is -0.742. The van der Waals surface area contributed by atoms with Crippen molar-refractivity contribution < 1.29 is 4.79 Å². The average Bonchev–Trinajstić information content (AvgIpc) is 2.54. The SMILES string of the molecule is N#Cc1c(C(N)=O)nc2cc[c]cc2c1Nc1cccc(Br)c1. The van der Waals surface area contributed by atoms with Gasteiger partial charge in [0.05, 0.1) is 11.2 Å². The first-order valence-electron chi connectivity index (χ1n) is 6.66. The fourth-order valence-electron chi connectivity index (χ4n) is 2.28. The average molecular weight is 366 g/mol. The highest BCUT2D eigenvalue weighted by molar-refractivity contribution is 9.10. The lowest BCUT2D eigenvalue weighted by Gasteiger charge is -2.13. The van der Waals surface area contributed by atoms with Gasteiger partial charge in [-0.3, -0.25) is 4.79 Å². The van der Waals surface area contributed by atoms with Crippen molar-refractivity contribution in [2.24, 2.45) is 5.73 Å². The minimum absolute atomic E-state index is 0.0521. The van der Waals surface area contributed by atoms with E-state index in [9.17, 15) is 10.1 Å². The molecule has 2 aromatic carbocycles. The third kappa shape index (κ3) is 2.87. The predicted molar refractivity (Wildman–Crippen MR) is 91.2 cm³/mol. The summed E-state index contributed by atoms with van der Waals surface area (Å²) in [6, 6.07) is 17.6. The van der Waals surface area contributed by atoms with Crippen molar-refractivity contribution in [1.82, 2.24) is 4.98 Å². The second-order valence-corrected chi connectivity index (χ2v) is 5.68. The van der Waals surface area contributed by atoms with Crippen molar-refractivity contribution in [3.05, 3.63) is 64.3 Å². The van der Waals surface area contributed by atoms with Gasteiger partial charge in [0.15, 0.2) is 0 Å². The van der Waals surface area contributed by atoms with Crippen molar-refractivity contribution in [2.45, 2.75) is 0 Å². The lowest BCUT2D eigenvalue weighted by Crippen LogP contribution is -2.16. The third-order valence-electron chi connectivity index (χ3n) is 3.27. The number of amides is 1. The Kier molecular flexibility index (Phi) is 3.96. The monoisotopic (exact) mass is 365 g/mol. The summed E-state index contributed by atoms with van der Waals surface area (Å²) in [5, 5.41) is 13.4. The lowest BCUT2D eigenvalue weighted by atomic mass is 10.1. The summed E-state index contributed by atoms with van der Waals surface area (Å²) in [6.45, 7) is 0. The van der Waals surface area contributed by atoms with Gasteiger partial charge in [0, 0.05) is 15.5 Å². The maximum absolute atomic E-state index is 11.6. The van der Waals surface area contributed by atoms with E-state index in [0.717, 1.165) is 10.2 Å². The number of benzene rings is 2. The normalized spacial score (nSPS) is 10.3. The van der Waals surface area contributed by atoms with E-state index in [1.165, 1.54) is 0 Å². The first-order valence-corrected chi connectivity index (χ1v) is 7.46. The number of nitrogens with two attached hydrogens (primary N) is 1. The van der Waals surface area contributed by atoms with Gasteiger partial charge >= 0.3 is 0 Å². The Morgan fingerprint density at radius 3 is 2.91 bits per heavy atom.